The zero-order valence-electron chi connectivity index (χ0n) is 12.1. The molecule has 0 spiro atoms. The average molecular weight is 225 g/mol. The summed E-state index contributed by atoms with van der Waals surface area (Å²) in [5, 5.41) is 0. The van der Waals surface area contributed by atoms with Crippen LogP contribution in [-0.4, -0.2) is 24.5 Å². The highest BCUT2D eigenvalue weighted by molar-refractivity contribution is 4.76. The van der Waals surface area contributed by atoms with E-state index in [1.54, 1.807) is 0 Å². The van der Waals surface area contributed by atoms with Crippen LogP contribution in [0.25, 0.3) is 0 Å². The van der Waals surface area contributed by atoms with E-state index in [2.05, 4.69) is 39.5 Å². The van der Waals surface area contributed by atoms with Crippen molar-refractivity contribution in [2.45, 2.75) is 60.3 Å². The minimum absolute atomic E-state index is 0.519. The second-order valence-corrected chi connectivity index (χ2v) is 7.23. The first-order valence-electron chi connectivity index (χ1n) is 7.09. The van der Waals surface area contributed by atoms with Crippen LogP contribution in [0.1, 0.15) is 60.3 Å². The van der Waals surface area contributed by atoms with Gasteiger partial charge in [-0.05, 0) is 62.6 Å². The first kappa shape index (κ1) is 14.0. The van der Waals surface area contributed by atoms with Crippen LogP contribution in [-0.2, 0) is 0 Å². The molecule has 96 valence electrons. The summed E-state index contributed by atoms with van der Waals surface area (Å²) >= 11 is 0. The van der Waals surface area contributed by atoms with E-state index < -0.39 is 0 Å². The van der Waals surface area contributed by atoms with E-state index in [0.29, 0.717) is 5.41 Å². The van der Waals surface area contributed by atoms with Crippen LogP contribution in [0, 0.1) is 17.3 Å². The summed E-state index contributed by atoms with van der Waals surface area (Å²) in [4.78, 5) is 2.67. The Hall–Kier alpha value is -0.0400. The molecule has 1 nitrogen and oxygen atoms in total. The smallest absolute Gasteiger partial charge is 0.00161 e. The molecule has 0 aromatic rings. The van der Waals surface area contributed by atoms with Crippen LogP contribution in [0.4, 0.5) is 0 Å². The maximum absolute atomic E-state index is 2.67. The summed E-state index contributed by atoms with van der Waals surface area (Å²) in [6.07, 6.45) is 5.62. The molecule has 0 atom stereocenters. The third-order valence-corrected chi connectivity index (χ3v) is 3.63. The van der Waals surface area contributed by atoms with Gasteiger partial charge in [-0.2, -0.15) is 0 Å². The van der Waals surface area contributed by atoms with Crippen LogP contribution in [0.2, 0.25) is 0 Å². The van der Waals surface area contributed by atoms with Crippen molar-refractivity contribution in [1.29, 1.82) is 0 Å². The highest BCUT2D eigenvalue weighted by Crippen LogP contribution is 2.30. The van der Waals surface area contributed by atoms with Gasteiger partial charge in [-0.1, -0.05) is 34.6 Å². The third kappa shape index (κ3) is 5.89. The number of hydrogen-bond donors (Lipinski definition) is 0. The molecule has 0 bridgehead atoms. The van der Waals surface area contributed by atoms with Gasteiger partial charge in [0.15, 0.2) is 0 Å². The fourth-order valence-corrected chi connectivity index (χ4v) is 2.72. The Kier molecular flexibility index (Phi) is 5.30. The molecule has 1 aliphatic heterocycles. The van der Waals surface area contributed by atoms with Gasteiger partial charge in [-0.15, -0.1) is 0 Å². The van der Waals surface area contributed by atoms with Gasteiger partial charge in [0.25, 0.3) is 0 Å². The molecule has 0 saturated carbocycles. The maximum Gasteiger partial charge on any atom is -0.00161 e. The van der Waals surface area contributed by atoms with E-state index in [-0.39, 0.29) is 0 Å². The SMILES string of the molecule is CC(C)CCN1CCC(CC(C)(C)C)CC1. The highest BCUT2D eigenvalue weighted by atomic mass is 15.1. The van der Waals surface area contributed by atoms with Gasteiger partial charge < -0.3 is 4.90 Å². The number of likely N-dealkylation sites (tertiary alicyclic amines) is 1. The molecular formula is C15H31N. The lowest BCUT2D eigenvalue weighted by atomic mass is 9.80. The molecule has 16 heavy (non-hydrogen) atoms. The lowest BCUT2D eigenvalue weighted by Crippen LogP contribution is -2.35. The molecule has 0 unspecified atom stereocenters. The molecule has 1 fully saturated rings. The molecule has 0 aromatic heterocycles. The molecule has 0 N–H and O–H groups in total. The topological polar surface area (TPSA) is 3.24 Å². The van der Waals surface area contributed by atoms with Crippen molar-refractivity contribution >= 4 is 0 Å². The van der Waals surface area contributed by atoms with Crippen LogP contribution < -0.4 is 0 Å². The minimum Gasteiger partial charge on any atom is -0.303 e. The highest BCUT2D eigenvalue weighted by Gasteiger charge is 2.23. The lowest BCUT2D eigenvalue weighted by Gasteiger charge is -2.35. The molecule has 1 saturated heterocycles. The van der Waals surface area contributed by atoms with Gasteiger partial charge in [-0.3, -0.25) is 0 Å². The zero-order chi connectivity index (χ0) is 12.2. The monoisotopic (exact) mass is 225 g/mol. The fourth-order valence-electron chi connectivity index (χ4n) is 2.72. The van der Waals surface area contributed by atoms with E-state index in [1.165, 1.54) is 45.3 Å². The first-order valence-corrected chi connectivity index (χ1v) is 7.09. The van der Waals surface area contributed by atoms with Crippen LogP contribution >= 0.6 is 0 Å². The van der Waals surface area contributed by atoms with Crippen molar-refractivity contribution in [3.8, 4) is 0 Å². The average Bonchev–Trinajstić information content (AvgIpc) is 2.14. The molecular weight excluding hydrogens is 194 g/mol. The first-order chi connectivity index (χ1) is 7.37. The number of hydrogen-bond acceptors (Lipinski definition) is 1. The van der Waals surface area contributed by atoms with E-state index in [4.69, 9.17) is 0 Å². The molecule has 0 aromatic carbocycles. The van der Waals surface area contributed by atoms with E-state index in [9.17, 15) is 0 Å². The second kappa shape index (κ2) is 6.05. The van der Waals surface area contributed by atoms with E-state index in [1.807, 2.05) is 0 Å². The Balaban J connectivity index is 2.18. The predicted molar refractivity (Wildman–Crippen MR) is 72.7 cm³/mol. The molecule has 1 aliphatic rings. The summed E-state index contributed by atoms with van der Waals surface area (Å²) < 4.78 is 0. The standard InChI is InChI=1S/C15H31N/c1-13(2)6-9-16-10-7-14(8-11-16)12-15(3,4)5/h13-14H,6-12H2,1-5H3. The summed E-state index contributed by atoms with van der Waals surface area (Å²) in [5.41, 5.74) is 0.519. The van der Waals surface area contributed by atoms with Crippen molar-refractivity contribution in [3.05, 3.63) is 0 Å². The summed E-state index contributed by atoms with van der Waals surface area (Å²) in [7, 11) is 0. The number of piperidine rings is 1. The molecule has 0 amide bonds. The molecule has 0 aliphatic carbocycles. The van der Waals surface area contributed by atoms with Crippen LogP contribution in [0.3, 0.4) is 0 Å². The van der Waals surface area contributed by atoms with Gasteiger partial charge in [0.1, 0.15) is 0 Å². The largest absolute Gasteiger partial charge is 0.303 e. The summed E-state index contributed by atoms with van der Waals surface area (Å²) in [6.45, 7) is 15.8. The Morgan fingerprint density at radius 1 is 1.12 bits per heavy atom. The van der Waals surface area contributed by atoms with Gasteiger partial charge in [0, 0.05) is 0 Å². The van der Waals surface area contributed by atoms with Crippen molar-refractivity contribution in [2.75, 3.05) is 19.6 Å². The molecule has 1 heteroatoms. The second-order valence-electron chi connectivity index (χ2n) is 7.23. The number of rotatable bonds is 4. The van der Waals surface area contributed by atoms with Crippen LogP contribution in [0.15, 0.2) is 0 Å². The Morgan fingerprint density at radius 3 is 2.12 bits per heavy atom. The Morgan fingerprint density at radius 2 is 1.69 bits per heavy atom. The summed E-state index contributed by atoms with van der Waals surface area (Å²) in [5.74, 6) is 1.84. The molecule has 1 rings (SSSR count). The van der Waals surface area contributed by atoms with E-state index in [0.717, 1.165) is 11.8 Å². The van der Waals surface area contributed by atoms with Crippen molar-refractivity contribution in [1.82, 2.24) is 4.90 Å². The molecule has 1 heterocycles. The fraction of sp³-hybridized carbons (Fsp3) is 1.00. The van der Waals surface area contributed by atoms with Gasteiger partial charge in [0.2, 0.25) is 0 Å². The van der Waals surface area contributed by atoms with Crippen LogP contribution in [0.5, 0.6) is 0 Å². The van der Waals surface area contributed by atoms with Gasteiger partial charge in [0.05, 0.1) is 0 Å². The maximum atomic E-state index is 2.67. The minimum atomic E-state index is 0.519. The quantitative estimate of drug-likeness (QED) is 0.694. The zero-order valence-corrected chi connectivity index (χ0v) is 12.1. The Bertz CT molecular complexity index is 182. The molecule has 0 radical (unpaired) electrons. The van der Waals surface area contributed by atoms with Crippen molar-refractivity contribution in [3.63, 3.8) is 0 Å². The normalized spacial score (nSPS) is 20.6. The lowest BCUT2D eigenvalue weighted by molar-refractivity contribution is 0.147. The van der Waals surface area contributed by atoms with Gasteiger partial charge in [-0.25, -0.2) is 0 Å². The van der Waals surface area contributed by atoms with Crippen molar-refractivity contribution < 1.29 is 0 Å². The third-order valence-electron chi connectivity index (χ3n) is 3.63. The Labute approximate surface area is 103 Å². The predicted octanol–water partition coefficient (Wildman–Crippen LogP) is 4.18. The van der Waals surface area contributed by atoms with Crippen molar-refractivity contribution in [2.24, 2.45) is 17.3 Å². The van der Waals surface area contributed by atoms with Gasteiger partial charge >= 0.3 is 0 Å². The van der Waals surface area contributed by atoms with E-state index >= 15 is 0 Å². The summed E-state index contributed by atoms with van der Waals surface area (Å²) in [6, 6.07) is 0. The number of nitrogens with zero attached hydrogens (tertiary/aromatic N) is 1.